The molecule has 0 bridgehead atoms. The highest BCUT2D eigenvalue weighted by molar-refractivity contribution is 6.13. The van der Waals surface area contributed by atoms with Gasteiger partial charge in [-0.1, -0.05) is 30.3 Å². The van der Waals surface area contributed by atoms with E-state index < -0.39 is 7.69 Å². The maximum Gasteiger partial charge on any atom is 0.432 e. The largest absolute Gasteiger partial charge is 0.432 e. The molecule has 7 heteroatoms. The maximum absolute atomic E-state index is 7.12. The molecule has 2 aromatic rings. The molecule has 0 saturated carbocycles. The van der Waals surface area contributed by atoms with E-state index >= 15 is 0 Å². The van der Waals surface area contributed by atoms with E-state index in [2.05, 4.69) is 20.6 Å². The van der Waals surface area contributed by atoms with Crippen molar-refractivity contribution in [3.63, 3.8) is 0 Å². The second-order valence-corrected chi connectivity index (χ2v) is 2.26. The molecule has 1 aromatic carbocycles. The average molecular weight is 192 g/mol. The summed E-state index contributed by atoms with van der Waals surface area (Å²) in [6.07, 6.45) is 0. The lowest BCUT2D eigenvalue weighted by Gasteiger charge is -1.90. The number of nitrogens with one attached hydrogen (secondary N) is 1. The highest BCUT2D eigenvalue weighted by atomic mass is 16.4. The van der Waals surface area contributed by atoms with E-state index in [9.17, 15) is 0 Å². The van der Waals surface area contributed by atoms with Gasteiger partial charge in [-0.05, 0) is 10.4 Å². The Morgan fingerprint density at radius 2 is 1.79 bits per heavy atom. The number of aromatic amines is 1. The van der Waals surface area contributed by atoms with E-state index in [1.54, 1.807) is 0 Å². The van der Waals surface area contributed by atoms with Gasteiger partial charge in [0.15, 0.2) is 5.82 Å². The van der Waals surface area contributed by atoms with E-state index in [0.29, 0.717) is 5.82 Å². The lowest BCUT2D eigenvalue weighted by molar-refractivity contribution is 0.448. The van der Waals surface area contributed by atoms with Gasteiger partial charge in [0.05, 0.1) is 0 Å². The summed E-state index contributed by atoms with van der Waals surface area (Å²) >= 11 is 0. The summed E-state index contributed by atoms with van der Waals surface area (Å²) in [6.45, 7) is 0. The van der Waals surface area contributed by atoms with Crippen LogP contribution in [0.25, 0.3) is 11.4 Å². The number of rotatable bonds is 1. The smallest absolute Gasteiger partial charge is 0.430 e. The third kappa shape index (κ3) is 2.96. The number of nitrogens with zero attached hydrogens (tertiary/aromatic N) is 3. The van der Waals surface area contributed by atoms with Crippen molar-refractivity contribution in [3.8, 4) is 11.4 Å². The number of H-pyrrole nitrogens is 1. The van der Waals surface area contributed by atoms with Crippen molar-refractivity contribution < 1.29 is 10.0 Å². The van der Waals surface area contributed by atoms with Crippen LogP contribution in [0.5, 0.6) is 0 Å². The van der Waals surface area contributed by atoms with Crippen LogP contribution in [-0.2, 0) is 0 Å². The fraction of sp³-hybridized carbons (Fsp3) is 0. The van der Waals surface area contributed by atoms with Crippen molar-refractivity contribution in [2.75, 3.05) is 0 Å². The van der Waals surface area contributed by atoms with Crippen LogP contribution in [-0.4, -0.2) is 38.4 Å². The van der Waals surface area contributed by atoms with Gasteiger partial charge in [0, 0.05) is 5.56 Å². The van der Waals surface area contributed by atoms with Gasteiger partial charge in [-0.2, -0.15) is 0 Å². The molecule has 1 heterocycles. The monoisotopic (exact) mass is 192 g/mol. The standard InChI is InChI=1S/C7H6N4.BH3O2/c1-2-4-6(5-3-1)7-8-10-11-9-7;2-1-3/h1-5H,(H,8,9,10,11);1-3H. The Balaban J connectivity index is 0.000000293. The molecule has 0 aliphatic carbocycles. The Hall–Kier alpha value is -1.73. The predicted molar refractivity (Wildman–Crippen MR) is 51.2 cm³/mol. The van der Waals surface area contributed by atoms with E-state index in [1.807, 2.05) is 30.3 Å². The van der Waals surface area contributed by atoms with Gasteiger partial charge < -0.3 is 10.0 Å². The van der Waals surface area contributed by atoms with Crippen LogP contribution in [0.1, 0.15) is 0 Å². The molecule has 0 unspecified atom stereocenters. The van der Waals surface area contributed by atoms with Crippen molar-refractivity contribution in [1.29, 1.82) is 0 Å². The summed E-state index contributed by atoms with van der Waals surface area (Å²) < 4.78 is 0. The molecule has 3 N–H and O–H groups in total. The average Bonchev–Trinajstić information content (AvgIpc) is 2.73. The summed E-state index contributed by atoms with van der Waals surface area (Å²) in [5, 5.41) is 27.7. The molecule has 0 atom stereocenters. The van der Waals surface area contributed by atoms with Gasteiger partial charge in [-0.15, -0.1) is 5.10 Å². The number of hydrogen-bond acceptors (Lipinski definition) is 5. The molecule has 72 valence electrons. The molecular weight excluding hydrogens is 183 g/mol. The Labute approximate surface area is 80.9 Å². The van der Waals surface area contributed by atoms with Gasteiger partial charge in [0.25, 0.3) is 0 Å². The van der Waals surface area contributed by atoms with Gasteiger partial charge >= 0.3 is 7.69 Å². The van der Waals surface area contributed by atoms with Crippen molar-refractivity contribution in [2.45, 2.75) is 0 Å². The quantitative estimate of drug-likeness (QED) is 0.509. The first-order valence-corrected chi connectivity index (χ1v) is 3.89. The molecule has 14 heavy (non-hydrogen) atoms. The van der Waals surface area contributed by atoms with Crippen LogP contribution in [0.15, 0.2) is 30.3 Å². The highest BCUT2D eigenvalue weighted by Crippen LogP contribution is 2.10. The second-order valence-electron chi connectivity index (χ2n) is 2.26. The first kappa shape index (κ1) is 10.4. The fourth-order valence-corrected chi connectivity index (χ4v) is 0.877. The summed E-state index contributed by atoms with van der Waals surface area (Å²) in [6, 6.07) is 9.73. The number of aromatic nitrogens is 4. The van der Waals surface area contributed by atoms with E-state index in [-0.39, 0.29) is 0 Å². The zero-order valence-electron chi connectivity index (χ0n) is 7.33. The molecule has 0 aliphatic heterocycles. The topological polar surface area (TPSA) is 94.9 Å². The van der Waals surface area contributed by atoms with Crippen molar-refractivity contribution in [3.05, 3.63) is 30.3 Å². The molecule has 0 aliphatic rings. The third-order valence-electron chi connectivity index (χ3n) is 1.39. The van der Waals surface area contributed by atoms with Gasteiger partial charge in [-0.25, -0.2) is 5.10 Å². The van der Waals surface area contributed by atoms with Crippen molar-refractivity contribution in [2.24, 2.45) is 0 Å². The number of hydrogen-bond donors (Lipinski definition) is 3. The summed E-state index contributed by atoms with van der Waals surface area (Å²) in [5.74, 6) is 0.700. The van der Waals surface area contributed by atoms with E-state index in [4.69, 9.17) is 10.0 Å². The Bertz CT molecular complexity index is 340. The fourth-order valence-electron chi connectivity index (χ4n) is 0.877. The third-order valence-corrected chi connectivity index (χ3v) is 1.39. The molecule has 2 rings (SSSR count). The second kappa shape index (κ2) is 5.84. The van der Waals surface area contributed by atoms with Crippen LogP contribution in [0.4, 0.5) is 0 Å². The van der Waals surface area contributed by atoms with Crippen molar-refractivity contribution >= 4 is 7.69 Å². The zero-order valence-corrected chi connectivity index (χ0v) is 7.33. The normalized spacial score (nSPS) is 8.71. The lowest BCUT2D eigenvalue weighted by Crippen LogP contribution is -1.78. The molecule has 1 aromatic heterocycles. The highest BCUT2D eigenvalue weighted by Gasteiger charge is 1.97. The Kier molecular flexibility index (Phi) is 4.32. The van der Waals surface area contributed by atoms with E-state index in [0.717, 1.165) is 5.56 Å². The minimum atomic E-state index is -0.750. The van der Waals surface area contributed by atoms with Crippen LogP contribution >= 0.6 is 0 Å². The molecule has 0 fully saturated rings. The molecule has 0 spiro atoms. The minimum Gasteiger partial charge on any atom is -0.430 e. The van der Waals surface area contributed by atoms with Crippen LogP contribution in [0, 0.1) is 0 Å². The van der Waals surface area contributed by atoms with E-state index in [1.165, 1.54) is 0 Å². The molecule has 0 amide bonds. The molecule has 6 nitrogen and oxygen atoms in total. The number of tetrazole rings is 1. The van der Waals surface area contributed by atoms with Crippen molar-refractivity contribution in [1.82, 2.24) is 20.6 Å². The minimum absolute atomic E-state index is 0.700. The summed E-state index contributed by atoms with van der Waals surface area (Å²) in [4.78, 5) is 0. The molecule has 0 saturated heterocycles. The SMILES string of the molecule is OBO.c1ccc(-c2nnn[nH]2)cc1. The maximum atomic E-state index is 7.12. The lowest BCUT2D eigenvalue weighted by atomic mass is 10.2. The van der Waals surface area contributed by atoms with Crippen LogP contribution < -0.4 is 0 Å². The summed E-state index contributed by atoms with van der Waals surface area (Å²) in [5.41, 5.74) is 0.998. The first-order chi connectivity index (χ1) is 6.88. The summed E-state index contributed by atoms with van der Waals surface area (Å²) in [7, 11) is -0.750. The number of benzene rings is 1. The molecular formula is C7H9BN4O2. The first-order valence-electron chi connectivity index (χ1n) is 3.89. The van der Waals surface area contributed by atoms with Gasteiger partial charge in [0.1, 0.15) is 0 Å². The van der Waals surface area contributed by atoms with Crippen LogP contribution in [0.3, 0.4) is 0 Å². The van der Waals surface area contributed by atoms with Gasteiger partial charge in [-0.3, -0.25) is 0 Å². The van der Waals surface area contributed by atoms with Gasteiger partial charge in [0.2, 0.25) is 0 Å². The Morgan fingerprint density at radius 1 is 1.14 bits per heavy atom. The Morgan fingerprint density at radius 3 is 2.29 bits per heavy atom. The molecule has 0 radical (unpaired) electrons. The van der Waals surface area contributed by atoms with Crippen LogP contribution in [0.2, 0.25) is 0 Å². The predicted octanol–water partition coefficient (Wildman–Crippen LogP) is -0.896. The zero-order chi connectivity index (χ0) is 10.2.